The van der Waals surface area contributed by atoms with Gasteiger partial charge in [-0.15, -0.1) is 0 Å². The van der Waals surface area contributed by atoms with Gasteiger partial charge in [0.2, 0.25) is 0 Å². The fraction of sp³-hybridized carbons (Fsp3) is 0.364. The number of halogens is 3. The van der Waals surface area contributed by atoms with Gasteiger partial charge in [-0.25, -0.2) is 13.2 Å². The molecule has 0 aromatic heterocycles. The van der Waals surface area contributed by atoms with Crippen molar-refractivity contribution in [3.8, 4) is 0 Å². The molecular formula is C11H12F3NO2. The molecule has 1 rings (SSSR count). The van der Waals surface area contributed by atoms with Crippen molar-refractivity contribution in [2.24, 2.45) is 11.7 Å². The summed E-state index contributed by atoms with van der Waals surface area (Å²) >= 11 is 0. The SMILES string of the molecule is COC(=O)C(CN)Cc1cc(F)c(F)c(F)c1. The number of benzene rings is 1. The molecule has 0 bridgehead atoms. The van der Waals surface area contributed by atoms with Crippen LogP contribution in [0.5, 0.6) is 0 Å². The second kappa shape index (κ2) is 5.67. The van der Waals surface area contributed by atoms with Crippen molar-refractivity contribution in [1.82, 2.24) is 0 Å². The lowest BCUT2D eigenvalue weighted by Crippen LogP contribution is -2.27. The predicted molar refractivity (Wildman–Crippen MR) is 54.6 cm³/mol. The van der Waals surface area contributed by atoms with Crippen LogP contribution in [0.25, 0.3) is 0 Å². The minimum Gasteiger partial charge on any atom is -0.469 e. The third kappa shape index (κ3) is 3.20. The highest BCUT2D eigenvalue weighted by Gasteiger charge is 2.19. The van der Waals surface area contributed by atoms with Gasteiger partial charge >= 0.3 is 5.97 Å². The Kier molecular flexibility index (Phi) is 4.51. The van der Waals surface area contributed by atoms with Crippen LogP contribution in [0.4, 0.5) is 13.2 Å². The van der Waals surface area contributed by atoms with Crippen molar-refractivity contribution >= 4 is 5.97 Å². The number of esters is 1. The molecule has 0 amide bonds. The van der Waals surface area contributed by atoms with Crippen LogP contribution >= 0.6 is 0 Å². The first-order valence-corrected chi connectivity index (χ1v) is 4.91. The van der Waals surface area contributed by atoms with Crippen LogP contribution in [0, 0.1) is 23.4 Å². The number of hydrogen-bond acceptors (Lipinski definition) is 3. The van der Waals surface area contributed by atoms with E-state index in [0.29, 0.717) is 0 Å². The summed E-state index contributed by atoms with van der Waals surface area (Å²) in [5.41, 5.74) is 5.50. The summed E-state index contributed by atoms with van der Waals surface area (Å²) in [5, 5.41) is 0. The first-order chi connectivity index (χ1) is 7.99. The normalized spacial score (nSPS) is 12.3. The first-order valence-electron chi connectivity index (χ1n) is 4.91. The minimum absolute atomic E-state index is 0.00269. The van der Waals surface area contributed by atoms with Crippen molar-refractivity contribution in [2.45, 2.75) is 6.42 Å². The maximum Gasteiger partial charge on any atom is 0.310 e. The van der Waals surface area contributed by atoms with Gasteiger partial charge in [-0.1, -0.05) is 0 Å². The third-order valence-corrected chi connectivity index (χ3v) is 2.34. The molecule has 0 saturated heterocycles. The number of ether oxygens (including phenoxy) is 1. The standard InChI is InChI=1S/C11H12F3NO2/c1-17-11(16)7(5-15)2-6-3-8(12)10(14)9(13)4-6/h3-4,7H,2,5,15H2,1H3. The Morgan fingerprint density at radius 3 is 2.29 bits per heavy atom. The highest BCUT2D eigenvalue weighted by molar-refractivity contribution is 5.72. The Balaban J connectivity index is 2.91. The molecule has 1 atom stereocenters. The molecule has 0 saturated carbocycles. The molecule has 3 nitrogen and oxygen atoms in total. The lowest BCUT2D eigenvalue weighted by atomic mass is 9.99. The van der Waals surface area contributed by atoms with Crippen molar-refractivity contribution < 1.29 is 22.7 Å². The van der Waals surface area contributed by atoms with Crippen LogP contribution in [-0.4, -0.2) is 19.6 Å². The summed E-state index contributed by atoms with van der Waals surface area (Å²) in [6.45, 7) is -0.0205. The second-order valence-electron chi connectivity index (χ2n) is 3.53. The average Bonchev–Trinajstić information content (AvgIpc) is 2.31. The highest BCUT2D eigenvalue weighted by Crippen LogP contribution is 2.16. The van der Waals surface area contributed by atoms with Gasteiger partial charge in [0.15, 0.2) is 17.5 Å². The van der Waals surface area contributed by atoms with Crippen LogP contribution in [0.1, 0.15) is 5.56 Å². The van der Waals surface area contributed by atoms with Gasteiger partial charge < -0.3 is 10.5 Å². The number of methoxy groups -OCH3 is 1. The molecule has 0 aliphatic heterocycles. The number of hydrogen-bond donors (Lipinski definition) is 1. The minimum atomic E-state index is -1.53. The van der Waals surface area contributed by atoms with Gasteiger partial charge in [-0.3, -0.25) is 4.79 Å². The van der Waals surface area contributed by atoms with Gasteiger partial charge in [-0.05, 0) is 24.1 Å². The number of carbonyl (C=O) groups excluding carboxylic acids is 1. The fourth-order valence-corrected chi connectivity index (χ4v) is 1.44. The average molecular weight is 247 g/mol. The summed E-state index contributed by atoms with van der Waals surface area (Å²) in [7, 11) is 1.19. The summed E-state index contributed by atoms with van der Waals surface area (Å²) in [4.78, 5) is 11.2. The van der Waals surface area contributed by atoms with Crippen LogP contribution in [-0.2, 0) is 16.0 Å². The molecule has 0 spiro atoms. The molecule has 1 aromatic rings. The molecule has 0 fully saturated rings. The van der Waals surface area contributed by atoms with Gasteiger partial charge in [0.05, 0.1) is 13.0 Å². The van der Waals surface area contributed by atoms with Crippen LogP contribution in [0.3, 0.4) is 0 Å². The van der Waals surface area contributed by atoms with E-state index in [2.05, 4.69) is 4.74 Å². The molecule has 6 heteroatoms. The van der Waals surface area contributed by atoms with Crippen molar-refractivity contribution in [3.63, 3.8) is 0 Å². The van der Waals surface area contributed by atoms with Gasteiger partial charge in [0.1, 0.15) is 0 Å². The zero-order valence-corrected chi connectivity index (χ0v) is 9.17. The molecule has 2 N–H and O–H groups in total. The van der Waals surface area contributed by atoms with Crippen molar-refractivity contribution in [3.05, 3.63) is 35.1 Å². The van der Waals surface area contributed by atoms with Crippen LogP contribution < -0.4 is 5.73 Å². The van der Waals surface area contributed by atoms with E-state index in [1.54, 1.807) is 0 Å². The van der Waals surface area contributed by atoms with E-state index in [1.165, 1.54) is 7.11 Å². The molecule has 0 heterocycles. The molecule has 1 unspecified atom stereocenters. The highest BCUT2D eigenvalue weighted by atomic mass is 19.2. The van der Waals surface area contributed by atoms with E-state index in [4.69, 9.17) is 5.73 Å². The van der Waals surface area contributed by atoms with E-state index in [1.807, 2.05) is 0 Å². The summed E-state index contributed by atoms with van der Waals surface area (Å²) in [5.74, 6) is -5.39. The lowest BCUT2D eigenvalue weighted by molar-refractivity contribution is -0.145. The summed E-state index contributed by atoms with van der Waals surface area (Å²) < 4.78 is 43.0. The molecule has 1 aromatic carbocycles. The number of rotatable bonds is 4. The summed E-state index contributed by atoms with van der Waals surface area (Å²) in [6.07, 6.45) is -0.00269. The largest absolute Gasteiger partial charge is 0.469 e. The second-order valence-corrected chi connectivity index (χ2v) is 3.53. The maximum atomic E-state index is 12.9. The monoisotopic (exact) mass is 247 g/mol. The first kappa shape index (κ1) is 13.5. The number of carbonyl (C=O) groups is 1. The van der Waals surface area contributed by atoms with Crippen molar-refractivity contribution in [1.29, 1.82) is 0 Å². The van der Waals surface area contributed by atoms with E-state index < -0.39 is 29.3 Å². The van der Waals surface area contributed by atoms with E-state index >= 15 is 0 Å². The van der Waals surface area contributed by atoms with Crippen LogP contribution in [0.15, 0.2) is 12.1 Å². The fourth-order valence-electron chi connectivity index (χ4n) is 1.44. The Hall–Kier alpha value is -1.56. The Bertz CT molecular complexity index is 400. The predicted octanol–water partition coefficient (Wildman–Crippen LogP) is 1.39. The molecule has 0 radical (unpaired) electrons. The van der Waals surface area contributed by atoms with E-state index in [0.717, 1.165) is 12.1 Å². The Morgan fingerprint density at radius 1 is 1.35 bits per heavy atom. The Morgan fingerprint density at radius 2 is 1.88 bits per heavy atom. The van der Waals surface area contributed by atoms with Gasteiger partial charge in [0.25, 0.3) is 0 Å². The molecular weight excluding hydrogens is 235 g/mol. The summed E-state index contributed by atoms with van der Waals surface area (Å²) in [6, 6.07) is 1.67. The molecule has 17 heavy (non-hydrogen) atoms. The smallest absolute Gasteiger partial charge is 0.310 e. The van der Waals surface area contributed by atoms with Gasteiger partial charge in [0, 0.05) is 6.54 Å². The number of nitrogens with two attached hydrogens (primary N) is 1. The molecule has 94 valence electrons. The van der Waals surface area contributed by atoms with E-state index in [9.17, 15) is 18.0 Å². The zero-order valence-electron chi connectivity index (χ0n) is 9.17. The van der Waals surface area contributed by atoms with Gasteiger partial charge in [-0.2, -0.15) is 0 Å². The molecule has 0 aliphatic rings. The lowest BCUT2D eigenvalue weighted by Gasteiger charge is -2.12. The molecule has 0 aliphatic carbocycles. The van der Waals surface area contributed by atoms with Crippen molar-refractivity contribution in [2.75, 3.05) is 13.7 Å². The zero-order chi connectivity index (χ0) is 13.0. The third-order valence-electron chi connectivity index (χ3n) is 2.34. The van der Waals surface area contributed by atoms with Crippen LogP contribution in [0.2, 0.25) is 0 Å². The Labute approximate surface area is 96.4 Å². The van der Waals surface area contributed by atoms with E-state index in [-0.39, 0.29) is 18.5 Å². The maximum absolute atomic E-state index is 12.9. The quantitative estimate of drug-likeness (QED) is 0.646. The topological polar surface area (TPSA) is 52.3 Å².